The molecule has 144 valence electrons. The predicted octanol–water partition coefficient (Wildman–Crippen LogP) is 3.58. The molecule has 0 N–H and O–H groups in total. The summed E-state index contributed by atoms with van der Waals surface area (Å²) in [5.74, 6) is 1.83. The molecule has 4 rings (SSSR count). The number of aromatic nitrogens is 1. The number of pyridine rings is 1. The number of likely N-dealkylation sites (tertiary alicyclic amines) is 1. The van der Waals surface area contributed by atoms with Gasteiger partial charge in [-0.2, -0.15) is 0 Å². The Balaban J connectivity index is 1.29. The quantitative estimate of drug-likeness (QED) is 0.716. The predicted molar refractivity (Wildman–Crippen MR) is 114 cm³/mol. The largest absolute Gasteiger partial charge is 0.354 e. The Morgan fingerprint density at radius 2 is 2.04 bits per heavy atom. The van der Waals surface area contributed by atoms with Crippen molar-refractivity contribution >= 4 is 39.0 Å². The zero-order chi connectivity index (χ0) is 18.6. The van der Waals surface area contributed by atoms with Crippen LogP contribution < -0.4 is 4.90 Å². The highest BCUT2D eigenvalue weighted by Crippen LogP contribution is 2.27. The first-order valence-corrected chi connectivity index (χ1v) is 11.3. The molecule has 1 unspecified atom stereocenters. The number of piperidine rings is 1. The second-order valence-electron chi connectivity index (χ2n) is 7.33. The third kappa shape index (κ3) is 4.52. The fraction of sp³-hybridized carbons (Fsp3) is 0.500. The van der Waals surface area contributed by atoms with Gasteiger partial charge in [-0.05, 0) is 58.3 Å². The number of carbonyl (C=O) groups excluding carboxylic acids is 1. The molecule has 2 saturated heterocycles. The molecule has 2 aromatic rings. The van der Waals surface area contributed by atoms with Crippen molar-refractivity contribution < 1.29 is 4.79 Å². The van der Waals surface area contributed by atoms with Crippen molar-refractivity contribution in [1.82, 2.24) is 14.8 Å². The number of amides is 1. The number of hydrogen-bond donors (Lipinski definition) is 0. The molecule has 2 fully saturated rings. The normalized spacial score (nSPS) is 21.4. The number of anilines is 1. The molecular formula is C20H25BrN4OS. The number of hydrogen-bond acceptors (Lipinski definition) is 5. The van der Waals surface area contributed by atoms with Crippen molar-refractivity contribution in [2.45, 2.75) is 12.8 Å². The molecular weight excluding hydrogens is 424 g/mol. The monoisotopic (exact) mass is 448 g/mol. The maximum absolute atomic E-state index is 12.8. The van der Waals surface area contributed by atoms with Gasteiger partial charge in [0.25, 0.3) is 5.91 Å². The molecule has 0 aliphatic carbocycles. The molecule has 2 aliphatic heterocycles. The van der Waals surface area contributed by atoms with E-state index in [4.69, 9.17) is 0 Å². The summed E-state index contributed by atoms with van der Waals surface area (Å²) in [5.41, 5.74) is 0. The smallest absolute Gasteiger partial charge is 0.265 e. The second-order valence-corrected chi connectivity index (χ2v) is 9.10. The maximum atomic E-state index is 12.8. The summed E-state index contributed by atoms with van der Waals surface area (Å²) >= 11 is 5.02. The van der Waals surface area contributed by atoms with E-state index in [1.165, 1.54) is 17.8 Å². The Kier molecular flexibility index (Phi) is 6.10. The van der Waals surface area contributed by atoms with Gasteiger partial charge in [-0.1, -0.05) is 6.07 Å². The third-order valence-electron chi connectivity index (χ3n) is 5.48. The van der Waals surface area contributed by atoms with E-state index in [0.717, 1.165) is 67.4 Å². The van der Waals surface area contributed by atoms with Crippen LogP contribution in [-0.4, -0.2) is 66.5 Å². The number of nitrogens with zero attached hydrogens (tertiary/aromatic N) is 4. The highest BCUT2D eigenvalue weighted by Gasteiger charge is 2.28. The SMILES string of the molecule is O=C(c1sccc1Br)N1CCCC(CN2CCN(c3ccccn3)CC2)C1. The van der Waals surface area contributed by atoms with Crippen LogP contribution in [0.25, 0.3) is 0 Å². The van der Waals surface area contributed by atoms with E-state index < -0.39 is 0 Å². The van der Waals surface area contributed by atoms with E-state index in [9.17, 15) is 4.79 Å². The van der Waals surface area contributed by atoms with E-state index in [0.29, 0.717) is 5.92 Å². The molecule has 27 heavy (non-hydrogen) atoms. The minimum atomic E-state index is 0.182. The Bertz CT molecular complexity index is 760. The van der Waals surface area contributed by atoms with Crippen LogP contribution in [0.4, 0.5) is 5.82 Å². The highest BCUT2D eigenvalue weighted by atomic mass is 79.9. The Labute approximate surface area is 173 Å². The van der Waals surface area contributed by atoms with E-state index in [1.807, 2.05) is 29.8 Å². The third-order valence-corrected chi connectivity index (χ3v) is 7.31. The minimum absolute atomic E-state index is 0.182. The zero-order valence-electron chi connectivity index (χ0n) is 15.4. The average Bonchev–Trinajstić information content (AvgIpc) is 3.15. The number of piperazine rings is 1. The standard InChI is InChI=1S/C20H25BrN4OS/c21-17-6-13-27-19(17)20(26)25-8-3-4-16(15-25)14-23-9-11-24(12-10-23)18-5-1-2-7-22-18/h1-2,5-7,13,16H,3-4,8-12,14-15H2. The summed E-state index contributed by atoms with van der Waals surface area (Å²) in [6.07, 6.45) is 4.18. The van der Waals surface area contributed by atoms with Gasteiger partial charge in [0.05, 0.1) is 0 Å². The fourth-order valence-electron chi connectivity index (χ4n) is 4.05. The van der Waals surface area contributed by atoms with Crippen molar-refractivity contribution in [2.24, 2.45) is 5.92 Å². The number of carbonyl (C=O) groups is 1. The molecule has 0 radical (unpaired) electrons. The molecule has 0 bridgehead atoms. The van der Waals surface area contributed by atoms with Crippen LogP contribution in [0.1, 0.15) is 22.5 Å². The van der Waals surface area contributed by atoms with Gasteiger partial charge in [-0.25, -0.2) is 4.98 Å². The van der Waals surface area contributed by atoms with Crippen LogP contribution in [0.2, 0.25) is 0 Å². The summed E-state index contributed by atoms with van der Waals surface area (Å²) in [6, 6.07) is 8.06. The summed E-state index contributed by atoms with van der Waals surface area (Å²) in [6.45, 7) is 7.03. The molecule has 5 nitrogen and oxygen atoms in total. The van der Waals surface area contributed by atoms with E-state index >= 15 is 0 Å². The summed E-state index contributed by atoms with van der Waals surface area (Å²) < 4.78 is 0.922. The molecule has 4 heterocycles. The van der Waals surface area contributed by atoms with Gasteiger partial charge in [-0.3, -0.25) is 9.69 Å². The highest BCUT2D eigenvalue weighted by molar-refractivity contribution is 9.10. The van der Waals surface area contributed by atoms with Gasteiger partial charge >= 0.3 is 0 Å². The van der Waals surface area contributed by atoms with E-state index in [1.54, 1.807) is 0 Å². The molecule has 1 atom stereocenters. The zero-order valence-corrected chi connectivity index (χ0v) is 17.8. The van der Waals surface area contributed by atoms with Gasteiger partial charge in [-0.15, -0.1) is 11.3 Å². The minimum Gasteiger partial charge on any atom is -0.354 e. The number of thiophene rings is 1. The molecule has 2 aromatic heterocycles. The Hall–Kier alpha value is -1.44. The van der Waals surface area contributed by atoms with Crippen molar-refractivity contribution in [1.29, 1.82) is 0 Å². The Morgan fingerprint density at radius 3 is 2.74 bits per heavy atom. The average molecular weight is 449 g/mol. The van der Waals surface area contributed by atoms with Crippen LogP contribution in [0, 0.1) is 5.92 Å². The lowest BCUT2D eigenvalue weighted by Crippen LogP contribution is -2.50. The number of halogens is 1. The first-order chi connectivity index (χ1) is 13.2. The van der Waals surface area contributed by atoms with Crippen LogP contribution in [-0.2, 0) is 0 Å². The fourth-order valence-corrected chi connectivity index (χ4v) is 5.56. The van der Waals surface area contributed by atoms with Crippen molar-refractivity contribution in [2.75, 3.05) is 50.7 Å². The molecule has 0 saturated carbocycles. The van der Waals surface area contributed by atoms with Gasteiger partial charge in [0.1, 0.15) is 10.7 Å². The van der Waals surface area contributed by atoms with Gasteiger partial charge in [0.2, 0.25) is 0 Å². The van der Waals surface area contributed by atoms with Crippen LogP contribution in [0.5, 0.6) is 0 Å². The maximum Gasteiger partial charge on any atom is 0.265 e. The lowest BCUT2D eigenvalue weighted by atomic mass is 9.97. The summed E-state index contributed by atoms with van der Waals surface area (Å²) in [7, 11) is 0. The Morgan fingerprint density at radius 1 is 1.19 bits per heavy atom. The molecule has 1 amide bonds. The van der Waals surface area contributed by atoms with Crippen LogP contribution in [0.15, 0.2) is 40.3 Å². The molecule has 7 heteroatoms. The van der Waals surface area contributed by atoms with Crippen molar-refractivity contribution in [3.8, 4) is 0 Å². The van der Waals surface area contributed by atoms with Gasteiger partial charge < -0.3 is 9.80 Å². The van der Waals surface area contributed by atoms with Crippen LogP contribution in [0.3, 0.4) is 0 Å². The van der Waals surface area contributed by atoms with Gasteiger partial charge in [0.15, 0.2) is 0 Å². The first-order valence-electron chi connectivity index (χ1n) is 9.61. The topological polar surface area (TPSA) is 39.7 Å². The van der Waals surface area contributed by atoms with Gasteiger partial charge in [0, 0.05) is 56.5 Å². The molecule has 0 aromatic carbocycles. The van der Waals surface area contributed by atoms with E-state index in [-0.39, 0.29) is 5.91 Å². The van der Waals surface area contributed by atoms with E-state index in [2.05, 4.69) is 41.7 Å². The summed E-state index contributed by atoms with van der Waals surface area (Å²) in [5, 5.41) is 1.97. The lowest BCUT2D eigenvalue weighted by molar-refractivity contribution is 0.0641. The lowest BCUT2D eigenvalue weighted by Gasteiger charge is -2.39. The van der Waals surface area contributed by atoms with Crippen LogP contribution >= 0.6 is 27.3 Å². The molecule has 2 aliphatic rings. The number of rotatable bonds is 4. The summed E-state index contributed by atoms with van der Waals surface area (Å²) in [4.78, 5) is 25.1. The second kappa shape index (κ2) is 8.71. The molecule has 0 spiro atoms. The first kappa shape index (κ1) is 18.9. The van der Waals surface area contributed by atoms with Crippen molar-refractivity contribution in [3.05, 3.63) is 45.2 Å². The van der Waals surface area contributed by atoms with Crippen molar-refractivity contribution in [3.63, 3.8) is 0 Å².